The predicted molar refractivity (Wildman–Crippen MR) is 95.3 cm³/mol. The summed E-state index contributed by atoms with van der Waals surface area (Å²) < 4.78 is 26.1. The number of rotatable bonds is 5. The maximum Gasteiger partial charge on any atom is 0.216 e. The Labute approximate surface area is 148 Å². The number of hydrogen-bond donors (Lipinski definition) is 1. The molecule has 1 aromatic heterocycles. The van der Waals surface area contributed by atoms with Gasteiger partial charge in [0.25, 0.3) is 0 Å². The van der Waals surface area contributed by atoms with E-state index in [9.17, 15) is 4.39 Å². The number of nitrogens with zero attached hydrogens (tertiary/aromatic N) is 3. The van der Waals surface area contributed by atoms with E-state index < -0.39 is 5.82 Å². The third kappa shape index (κ3) is 3.43. The van der Waals surface area contributed by atoms with E-state index in [0.717, 1.165) is 5.56 Å². The SMILES string of the molecule is COc1ccc(C=Nn2c(-c3ccccc3F)n[nH]c2=S)cc1OC. The van der Waals surface area contributed by atoms with E-state index in [2.05, 4.69) is 15.3 Å². The van der Waals surface area contributed by atoms with Crippen LogP contribution in [0.2, 0.25) is 0 Å². The average Bonchev–Trinajstić information content (AvgIpc) is 3.00. The van der Waals surface area contributed by atoms with Crippen molar-refractivity contribution in [3.8, 4) is 22.9 Å². The number of aromatic amines is 1. The molecule has 3 rings (SSSR count). The van der Waals surface area contributed by atoms with Gasteiger partial charge in [0.15, 0.2) is 17.3 Å². The quantitative estimate of drug-likeness (QED) is 0.559. The summed E-state index contributed by atoms with van der Waals surface area (Å²) in [6, 6.07) is 11.7. The minimum absolute atomic E-state index is 0.259. The second kappa shape index (κ2) is 7.27. The molecule has 0 atom stereocenters. The van der Waals surface area contributed by atoms with Gasteiger partial charge in [-0.3, -0.25) is 0 Å². The zero-order valence-electron chi connectivity index (χ0n) is 13.6. The van der Waals surface area contributed by atoms with Gasteiger partial charge >= 0.3 is 0 Å². The van der Waals surface area contributed by atoms with Crippen LogP contribution in [0.1, 0.15) is 5.56 Å². The van der Waals surface area contributed by atoms with E-state index in [1.54, 1.807) is 50.8 Å². The Morgan fingerprint density at radius 3 is 2.64 bits per heavy atom. The Bertz CT molecular complexity index is 981. The van der Waals surface area contributed by atoms with E-state index >= 15 is 0 Å². The van der Waals surface area contributed by atoms with Gasteiger partial charge in [-0.15, -0.1) is 0 Å². The first-order valence-electron chi connectivity index (χ1n) is 7.32. The van der Waals surface area contributed by atoms with Crippen molar-refractivity contribution >= 4 is 18.4 Å². The molecule has 0 unspecified atom stereocenters. The lowest BCUT2D eigenvalue weighted by atomic mass is 10.2. The van der Waals surface area contributed by atoms with Crippen LogP contribution in [0.3, 0.4) is 0 Å². The van der Waals surface area contributed by atoms with Crippen molar-refractivity contribution in [3.05, 3.63) is 58.6 Å². The minimum Gasteiger partial charge on any atom is -0.493 e. The summed E-state index contributed by atoms with van der Waals surface area (Å²) >= 11 is 5.18. The molecule has 6 nitrogen and oxygen atoms in total. The van der Waals surface area contributed by atoms with Crippen LogP contribution in [0.4, 0.5) is 4.39 Å². The molecular formula is C17H15FN4O2S. The van der Waals surface area contributed by atoms with E-state index in [-0.39, 0.29) is 4.77 Å². The summed E-state index contributed by atoms with van der Waals surface area (Å²) in [6.07, 6.45) is 1.58. The fourth-order valence-electron chi connectivity index (χ4n) is 2.27. The highest BCUT2D eigenvalue weighted by molar-refractivity contribution is 7.71. The van der Waals surface area contributed by atoms with Gasteiger partial charge in [0.1, 0.15) is 5.82 Å². The lowest BCUT2D eigenvalue weighted by Crippen LogP contribution is -1.97. The topological polar surface area (TPSA) is 64.4 Å². The Hall–Kier alpha value is -3.00. The molecule has 0 aliphatic carbocycles. The largest absolute Gasteiger partial charge is 0.493 e. The number of H-pyrrole nitrogens is 1. The van der Waals surface area contributed by atoms with Gasteiger partial charge in [-0.1, -0.05) is 12.1 Å². The second-order valence-electron chi connectivity index (χ2n) is 5.00. The fraction of sp³-hybridized carbons (Fsp3) is 0.118. The minimum atomic E-state index is -0.404. The van der Waals surface area contributed by atoms with Gasteiger partial charge in [-0.05, 0) is 48.1 Å². The first kappa shape index (κ1) is 16.8. The summed E-state index contributed by atoms with van der Waals surface area (Å²) in [5, 5.41) is 11.0. The summed E-state index contributed by atoms with van der Waals surface area (Å²) in [5.74, 6) is 1.09. The first-order valence-corrected chi connectivity index (χ1v) is 7.73. The lowest BCUT2D eigenvalue weighted by Gasteiger charge is -2.07. The molecular weight excluding hydrogens is 343 g/mol. The van der Waals surface area contributed by atoms with Gasteiger partial charge in [-0.2, -0.15) is 14.9 Å². The number of nitrogens with one attached hydrogen (secondary N) is 1. The Kier molecular flexibility index (Phi) is 4.90. The summed E-state index contributed by atoms with van der Waals surface area (Å²) in [5.41, 5.74) is 1.07. The van der Waals surface area contributed by atoms with E-state index in [1.165, 1.54) is 10.7 Å². The normalized spacial score (nSPS) is 11.0. The van der Waals surface area contributed by atoms with Gasteiger partial charge in [0.05, 0.1) is 26.0 Å². The van der Waals surface area contributed by atoms with Crippen LogP contribution >= 0.6 is 12.2 Å². The second-order valence-corrected chi connectivity index (χ2v) is 5.39. The maximum absolute atomic E-state index is 14.0. The Balaban J connectivity index is 1.99. The van der Waals surface area contributed by atoms with Crippen LogP contribution in [-0.4, -0.2) is 35.3 Å². The first-order chi connectivity index (χ1) is 12.1. The molecule has 0 fully saturated rings. The number of hydrogen-bond acceptors (Lipinski definition) is 5. The monoisotopic (exact) mass is 358 g/mol. The Morgan fingerprint density at radius 1 is 1.16 bits per heavy atom. The van der Waals surface area contributed by atoms with E-state index in [1.807, 2.05) is 6.07 Å². The molecule has 2 aromatic carbocycles. The summed E-state index contributed by atoms with van der Waals surface area (Å²) in [7, 11) is 3.12. The van der Waals surface area contributed by atoms with E-state index in [0.29, 0.717) is 22.9 Å². The van der Waals surface area contributed by atoms with Gasteiger partial charge < -0.3 is 9.47 Å². The number of methoxy groups -OCH3 is 2. The molecule has 0 spiro atoms. The van der Waals surface area contributed by atoms with Crippen LogP contribution in [-0.2, 0) is 0 Å². The number of aromatic nitrogens is 3. The smallest absolute Gasteiger partial charge is 0.216 e. The zero-order valence-corrected chi connectivity index (χ0v) is 14.4. The zero-order chi connectivity index (χ0) is 17.8. The van der Waals surface area contributed by atoms with Crippen LogP contribution in [0.15, 0.2) is 47.6 Å². The van der Waals surface area contributed by atoms with Crippen molar-refractivity contribution in [2.24, 2.45) is 5.10 Å². The van der Waals surface area contributed by atoms with Crippen molar-refractivity contribution in [3.63, 3.8) is 0 Å². The number of ether oxygens (including phenoxy) is 2. The highest BCUT2D eigenvalue weighted by Crippen LogP contribution is 2.27. The molecule has 1 N–H and O–H groups in total. The van der Waals surface area contributed by atoms with Crippen LogP contribution in [0.25, 0.3) is 11.4 Å². The van der Waals surface area contributed by atoms with Crippen LogP contribution in [0.5, 0.6) is 11.5 Å². The number of benzene rings is 2. The van der Waals surface area contributed by atoms with Crippen molar-refractivity contribution in [1.82, 2.24) is 14.9 Å². The van der Waals surface area contributed by atoms with Gasteiger partial charge in [-0.25, -0.2) is 9.49 Å². The molecule has 0 radical (unpaired) electrons. The van der Waals surface area contributed by atoms with Crippen molar-refractivity contribution in [2.45, 2.75) is 0 Å². The van der Waals surface area contributed by atoms with Crippen molar-refractivity contribution in [2.75, 3.05) is 14.2 Å². The molecule has 1 heterocycles. The third-order valence-corrected chi connectivity index (χ3v) is 3.76. The van der Waals surface area contributed by atoms with Gasteiger partial charge in [0, 0.05) is 0 Å². The highest BCUT2D eigenvalue weighted by atomic mass is 32.1. The molecule has 25 heavy (non-hydrogen) atoms. The van der Waals surface area contributed by atoms with Crippen molar-refractivity contribution < 1.29 is 13.9 Å². The average molecular weight is 358 g/mol. The fourth-order valence-corrected chi connectivity index (χ4v) is 2.45. The molecule has 0 aliphatic heterocycles. The third-order valence-electron chi connectivity index (χ3n) is 3.50. The maximum atomic E-state index is 14.0. The molecule has 0 saturated carbocycles. The van der Waals surface area contributed by atoms with Crippen LogP contribution < -0.4 is 9.47 Å². The number of halogens is 1. The molecule has 0 amide bonds. The molecule has 8 heteroatoms. The molecule has 128 valence electrons. The summed E-state index contributed by atoms with van der Waals surface area (Å²) in [4.78, 5) is 0. The Morgan fingerprint density at radius 2 is 1.92 bits per heavy atom. The van der Waals surface area contributed by atoms with E-state index in [4.69, 9.17) is 21.7 Å². The standard InChI is InChI=1S/C17H15FN4O2S/c1-23-14-8-7-11(9-15(14)24-2)10-19-22-16(20-21-17(22)25)12-5-3-4-6-13(12)18/h3-10H,1-2H3,(H,21,25). The molecule has 0 bridgehead atoms. The molecule has 0 saturated heterocycles. The molecule has 0 aliphatic rings. The molecule has 3 aromatic rings. The lowest BCUT2D eigenvalue weighted by molar-refractivity contribution is 0.355. The van der Waals surface area contributed by atoms with Crippen LogP contribution in [0, 0.1) is 10.6 Å². The van der Waals surface area contributed by atoms with Gasteiger partial charge in [0.2, 0.25) is 4.77 Å². The van der Waals surface area contributed by atoms with Crippen molar-refractivity contribution in [1.29, 1.82) is 0 Å². The highest BCUT2D eigenvalue weighted by Gasteiger charge is 2.12. The predicted octanol–water partition coefficient (Wildman–Crippen LogP) is 3.65. The summed E-state index contributed by atoms with van der Waals surface area (Å²) in [6.45, 7) is 0.